The number of nitrogens with zero attached hydrogens (tertiary/aromatic N) is 3. The van der Waals surface area contributed by atoms with E-state index in [0.29, 0.717) is 0 Å². The van der Waals surface area contributed by atoms with E-state index in [1.807, 2.05) is 19.4 Å². The number of aromatic nitrogens is 3. The van der Waals surface area contributed by atoms with Crippen LogP contribution in [-0.4, -0.2) is 14.8 Å². The van der Waals surface area contributed by atoms with Gasteiger partial charge in [0, 0.05) is 29.9 Å². The van der Waals surface area contributed by atoms with E-state index in [4.69, 9.17) is 4.98 Å². The number of aryl methyl sites for hydroxylation is 3. The monoisotopic (exact) mass is 237 g/mol. The van der Waals surface area contributed by atoms with E-state index in [2.05, 4.69) is 43.2 Å². The highest BCUT2D eigenvalue weighted by molar-refractivity contribution is 5.90. The summed E-state index contributed by atoms with van der Waals surface area (Å²) in [4.78, 5) is 4.69. The third-order valence-corrected chi connectivity index (χ3v) is 3.25. The predicted molar refractivity (Wildman–Crippen MR) is 73.4 cm³/mol. The molecule has 3 aromatic rings. The molecule has 0 radical (unpaired) electrons. The molecule has 0 bridgehead atoms. The van der Waals surface area contributed by atoms with Crippen LogP contribution in [-0.2, 0) is 7.05 Å². The number of pyridine rings is 1. The largest absolute Gasteiger partial charge is 0.275 e. The van der Waals surface area contributed by atoms with Crippen LogP contribution in [0.1, 0.15) is 11.3 Å². The van der Waals surface area contributed by atoms with Crippen LogP contribution in [0.2, 0.25) is 0 Å². The molecule has 3 heteroatoms. The van der Waals surface area contributed by atoms with Gasteiger partial charge in [-0.15, -0.1) is 0 Å². The van der Waals surface area contributed by atoms with Crippen LogP contribution in [0.5, 0.6) is 0 Å². The summed E-state index contributed by atoms with van der Waals surface area (Å²) in [5.41, 5.74) is 4.39. The van der Waals surface area contributed by atoms with Crippen LogP contribution in [0.3, 0.4) is 0 Å². The molecule has 3 nitrogen and oxygen atoms in total. The second-order valence-corrected chi connectivity index (χ2v) is 4.67. The Bertz CT molecular complexity index is 726. The first-order valence-electron chi connectivity index (χ1n) is 6.01. The van der Waals surface area contributed by atoms with Crippen molar-refractivity contribution in [1.82, 2.24) is 14.8 Å². The van der Waals surface area contributed by atoms with Crippen molar-refractivity contribution in [3.63, 3.8) is 0 Å². The number of rotatable bonds is 1. The summed E-state index contributed by atoms with van der Waals surface area (Å²) in [5, 5.41) is 6.69. The molecule has 0 aliphatic carbocycles. The molecular weight excluding hydrogens is 222 g/mol. The second kappa shape index (κ2) is 3.95. The molecule has 2 heterocycles. The van der Waals surface area contributed by atoms with Crippen LogP contribution >= 0.6 is 0 Å². The molecule has 0 amide bonds. The average molecular weight is 237 g/mol. The van der Waals surface area contributed by atoms with Crippen molar-refractivity contribution in [3.05, 3.63) is 47.9 Å². The van der Waals surface area contributed by atoms with Gasteiger partial charge >= 0.3 is 0 Å². The first-order valence-corrected chi connectivity index (χ1v) is 6.01. The maximum absolute atomic E-state index is 4.69. The first kappa shape index (κ1) is 11.0. The minimum Gasteiger partial charge on any atom is -0.275 e. The summed E-state index contributed by atoms with van der Waals surface area (Å²) in [5.74, 6) is 0. The van der Waals surface area contributed by atoms with Crippen molar-refractivity contribution in [2.24, 2.45) is 7.05 Å². The molecule has 3 rings (SSSR count). The maximum Gasteiger partial charge on any atom is 0.0743 e. The summed E-state index contributed by atoms with van der Waals surface area (Å²) in [6.45, 7) is 4.19. The first-order chi connectivity index (χ1) is 8.65. The smallest absolute Gasteiger partial charge is 0.0743 e. The van der Waals surface area contributed by atoms with Gasteiger partial charge in [0.15, 0.2) is 0 Å². The lowest BCUT2D eigenvalue weighted by Crippen LogP contribution is -1.91. The predicted octanol–water partition coefficient (Wildman–Crippen LogP) is 3.25. The fourth-order valence-corrected chi connectivity index (χ4v) is 2.42. The lowest BCUT2D eigenvalue weighted by Gasteiger charge is -2.07. The Morgan fingerprint density at radius 1 is 1.17 bits per heavy atom. The highest BCUT2D eigenvalue weighted by atomic mass is 15.2. The molecule has 90 valence electrons. The molecule has 18 heavy (non-hydrogen) atoms. The minimum absolute atomic E-state index is 0.985. The van der Waals surface area contributed by atoms with Gasteiger partial charge in [0.2, 0.25) is 0 Å². The van der Waals surface area contributed by atoms with Crippen LogP contribution in [0.4, 0.5) is 0 Å². The number of fused-ring (bicyclic) bond motifs is 1. The molecular formula is C15H15N3. The van der Waals surface area contributed by atoms with Crippen LogP contribution in [0.25, 0.3) is 22.0 Å². The Hall–Kier alpha value is -2.16. The molecule has 0 aliphatic rings. The number of benzene rings is 1. The van der Waals surface area contributed by atoms with E-state index in [-0.39, 0.29) is 0 Å². The van der Waals surface area contributed by atoms with Gasteiger partial charge in [-0.1, -0.05) is 18.2 Å². The van der Waals surface area contributed by atoms with Crippen LogP contribution in [0, 0.1) is 13.8 Å². The summed E-state index contributed by atoms with van der Waals surface area (Å²) in [7, 11) is 1.92. The third kappa shape index (κ3) is 1.68. The van der Waals surface area contributed by atoms with Gasteiger partial charge < -0.3 is 0 Å². The Morgan fingerprint density at radius 2 is 2.00 bits per heavy atom. The molecule has 0 saturated carbocycles. The summed E-state index contributed by atoms with van der Waals surface area (Å²) in [6, 6.07) is 8.48. The average Bonchev–Trinajstić information content (AvgIpc) is 2.75. The zero-order valence-corrected chi connectivity index (χ0v) is 10.8. The number of hydrogen-bond donors (Lipinski definition) is 0. The SMILES string of the molecule is Cc1cccc2cc(-c3cnn(C)c3)nc(C)c12. The quantitative estimate of drug-likeness (QED) is 0.650. The van der Waals surface area contributed by atoms with Gasteiger partial charge in [-0.05, 0) is 30.9 Å². The summed E-state index contributed by atoms with van der Waals surface area (Å²) in [6.07, 6.45) is 3.84. The van der Waals surface area contributed by atoms with Crippen LogP contribution in [0.15, 0.2) is 36.7 Å². The van der Waals surface area contributed by atoms with E-state index in [9.17, 15) is 0 Å². The van der Waals surface area contributed by atoms with Crippen molar-refractivity contribution in [2.45, 2.75) is 13.8 Å². The molecule has 0 fully saturated rings. The zero-order chi connectivity index (χ0) is 12.7. The highest BCUT2D eigenvalue weighted by Gasteiger charge is 2.07. The Morgan fingerprint density at radius 3 is 2.72 bits per heavy atom. The molecule has 0 unspecified atom stereocenters. The van der Waals surface area contributed by atoms with E-state index in [0.717, 1.165) is 17.0 Å². The van der Waals surface area contributed by atoms with Crippen molar-refractivity contribution >= 4 is 10.8 Å². The molecule has 0 saturated heterocycles. The van der Waals surface area contributed by atoms with Crippen LogP contribution < -0.4 is 0 Å². The third-order valence-electron chi connectivity index (χ3n) is 3.25. The zero-order valence-electron chi connectivity index (χ0n) is 10.8. The van der Waals surface area contributed by atoms with Gasteiger partial charge in [0.05, 0.1) is 11.9 Å². The van der Waals surface area contributed by atoms with E-state index >= 15 is 0 Å². The lowest BCUT2D eigenvalue weighted by atomic mass is 10.0. The molecule has 0 atom stereocenters. The number of hydrogen-bond acceptors (Lipinski definition) is 2. The molecule has 2 aromatic heterocycles. The van der Waals surface area contributed by atoms with Gasteiger partial charge in [-0.3, -0.25) is 9.67 Å². The van der Waals surface area contributed by atoms with Gasteiger partial charge in [0.1, 0.15) is 0 Å². The maximum atomic E-state index is 4.69. The standard InChI is InChI=1S/C15H15N3/c1-10-5-4-6-12-7-14(17-11(2)15(10)12)13-8-16-18(3)9-13/h4-9H,1-3H3. The molecule has 0 spiro atoms. The molecule has 1 aromatic carbocycles. The van der Waals surface area contributed by atoms with E-state index in [1.165, 1.54) is 16.3 Å². The van der Waals surface area contributed by atoms with E-state index in [1.54, 1.807) is 4.68 Å². The Labute approximate surface area is 106 Å². The summed E-state index contributed by atoms with van der Waals surface area (Å²) >= 11 is 0. The van der Waals surface area contributed by atoms with Gasteiger partial charge in [-0.25, -0.2) is 0 Å². The van der Waals surface area contributed by atoms with Crippen molar-refractivity contribution in [1.29, 1.82) is 0 Å². The molecule has 0 aliphatic heterocycles. The fraction of sp³-hybridized carbons (Fsp3) is 0.200. The van der Waals surface area contributed by atoms with E-state index < -0.39 is 0 Å². The topological polar surface area (TPSA) is 30.7 Å². The summed E-state index contributed by atoms with van der Waals surface area (Å²) < 4.78 is 1.80. The Kier molecular flexibility index (Phi) is 2.40. The fourth-order valence-electron chi connectivity index (χ4n) is 2.42. The van der Waals surface area contributed by atoms with Crippen molar-refractivity contribution in [3.8, 4) is 11.3 Å². The minimum atomic E-state index is 0.985. The van der Waals surface area contributed by atoms with Crippen molar-refractivity contribution in [2.75, 3.05) is 0 Å². The second-order valence-electron chi connectivity index (χ2n) is 4.67. The highest BCUT2D eigenvalue weighted by Crippen LogP contribution is 2.26. The van der Waals surface area contributed by atoms with Gasteiger partial charge in [0.25, 0.3) is 0 Å². The Balaban J connectivity index is 2.28. The van der Waals surface area contributed by atoms with Crippen molar-refractivity contribution < 1.29 is 0 Å². The normalized spacial score (nSPS) is 11.1. The van der Waals surface area contributed by atoms with Gasteiger partial charge in [-0.2, -0.15) is 5.10 Å². The molecule has 0 N–H and O–H groups in total. The lowest BCUT2D eigenvalue weighted by molar-refractivity contribution is 0.768.